The molecule has 2 amide bonds. The van der Waals surface area contributed by atoms with Crippen molar-refractivity contribution in [3.63, 3.8) is 0 Å². The quantitative estimate of drug-likeness (QED) is 0.779. The first-order chi connectivity index (χ1) is 10.1. The van der Waals surface area contributed by atoms with Crippen molar-refractivity contribution in [2.24, 2.45) is 0 Å². The summed E-state index contributed by atoms with van der Waals surface area (Å²) in [6, 6.07) is 7.30. The highest BCUT2D eigenvalue weighted by Crippen LogP contribution is 2.27. The van der Waals surface area contributed by atoms with E-state index < -0.39 is 5.60 Å². The van der Waals surface area contributed by atoms with E-state index in [9.17, 15) is 9.90 Å². The monoisotopic (exact) mass is 292 g/mol. The van der Waals surface area contributed by atoms with Crippen LogP contribution in [0.15, 0.2) is 24.3 Å². The van der Waals surface area contributed by atoms with Gasteiger partial charge in [0.25, 0.3) is 0 Å². The lowest BCUT2D eigenvalue weighted by molar-refractivity contribution is 0.00719. The van der Waals surface area contributed by atoms with Gasteiger partial charge in [-0.25, -0.2) is 4.79 Å². The Hall–Kier alpha value is -1.75. The zero-order valence-electron chi connectivity index (χ0n) is 12.5. The Morgan fingerprint density at radius 2 is 1.86 bits per heavy atom. The minimum atomic E-state index is -0.726. The van der Waals surface area contributed by atoms with Gasteiger partial charge in [-0.3, -0.25) is 0 Å². The molecule has 5 heteroatoms. The standard InChI is InChI=1S/C16H24N2O3/c1-21-14-7-5-13(6-8-14)11-17-15(19)18-12-16(20)9-3-2-4-10-16/h5-8,20H,2-4,9-12H2,1H3,(H2,17,18,19). The van der Waals surface area contributed by atoms with Crippen LogP contribution in [0.25, 0.3) is 0 Å². The number of methoxy groups -OCH3 is 1. The average molecular weight is 292 g/mol. The van der Waals surface area contributed by atoms with Crippen molar-refractivity contribution in [3.05, 3.63) is 29.8 Å². The van der Waals surface area contributed by atoms with Gasteiger partial charge in [-0.1, -0.05) is 31.4 Å². The zero-order valence-corrected chi connectivity index (χ0v) is 12.5. The van der Waals surface area contributed by atoms with Crippen LogP contribution in [0, 0.1) is 0 Å². The molecule has 1 fully saturated rings. The zero-order chi connectivity index (χ0) is 15.1. The normalized spacial score (nSPS) is 17.0. The molecule has 21 heavy (non-hydrogen) atoms. The van der Waals surface area contributed by atoms with E-state index in [-0.39, 0.29) is 6.03 Å². The minimum absolute atomic E-state index is 0.246. The highest BCUT2D eigenvalue weighted by Gasteiger charge is 2.29. The number of nitrogens with one attached hydrogen (secondary N) is 2. The van der Waals surface area contributed by atoms with Crippen molar-refractivity contribution in [2.75, 3.05) is 13.7 Å². The third-order valence-electron chi connectivity index (χ3n) is 3.97. The molecule has 0 unspecified atom stereocenters. The summed E-state index contributed by atoms with van der Waals surface area (Å²) in [7, 11) is 1.62. The number of rotatable bonds is 5. The van der Waals surface area contributed by atoms with Gasteiger partial charge in [0.15, 0.2) is 0 Å². The minimum Gasteiger partial charge on any atom is -0.497 e. The highest BCUT2D eigenvalue weighted by atomic mass is 16.5. The fourth-order valence-corrected chi connectivity index (χ4v) is 2.62. The first-order valence-corrected chi connectivity index (χ1v) is 7.48. The molecule has 0 aromatic heterocycles. The van der Waals surface area contributed by atoms with Crippen LogP contribution < -0.4 is 15.4 Å². The van der Waals surface area contributed by atoms with Crippen LogP contribution in [-0.4, -0.2) is 30.4 Å². The Bertz CT molecular complexity index is 453. The van der Waals surface area contributed by atoms with E-state index in [2.05, 4.69) is 10.6 Å². The smallest absolute Gasteiger partial charge is 0.315 e. The van der Waals surface area contributed by atoms with Crippen molar-refractivity contribution in [1.82, 2.24) is 10.6 Å². The van der Waals surface area contributed by atoms with Crippen molar-refractivity contribution in [3.8, 4) is 5.75 Å². The Labute approximate surface area is 125 Å². The molecule has 0 heterocycles. The first-order valence-electron chi connectivity index (χ1n) is 7.48. The van der Waals surface area contributed by atoms with Crippen LogP contribution in [0.4, 0.5) is 4.79 Å². The van der Waals surface area contributed by atoms with Crippen molar-refractivity contribution >= 4 is 6.03 Å². The molecule has 0 radical (unpaired) electrons. The topological polar surface area (TPSA) is 70.6 Å². The van der Waals surface area contributed by atoms with E-state index in [4.69, 9.17) is 4.74 Å². The van der Waals surface area contributed by atoms with Crippen LogP contribution >= 0.6 is 0 Å². The van der Waals surface area contributed by atoms with Gasteiger partial charge in [-0.05, 0) is 30.5 Å². The van der Waals surface area contributed by atoms with Gasteiger partial charge in [-0.15, -0.1) is 0 Å². The van der Waals surface area contributed by atoms with Gasteiger partial charge >= 0.3 is 6.03 Å². The molecule has 1 aromatic carbocycles. The largest absolute Gasteiger partial charge is 0.497 e. The first kappa shape index (κ1) is 15.6. The SMILES string of the molecule is COc1ccc(CNC(=O)NCC2(O)CCCCC2)cc1. The fourth-order valence-electron chi connectivity index (χ4n) is 2.62. The van der Waals surface area contributed by atoms with Gasteiger partial charge in [0.2, 0.25) is 0 Å². The second-order valence-corrected chi connectivity index (χ2v) is 5.67. The Kier molecular flexibility index (Phi) is 5.44. The lowest BCUT2D eigenvalue weighted by atomic mass is 9.85. The van der Waals surface area contributed by atoms with Crippen molar-refractivity contribution in [1.29, 1.82) is 0 Å². The fraction of sp³-hybridized carbons (Fsp3) is 0.562. The third-order valence-corrected chi connectivity index (χ3v) is 3.97. The van der Waals surface area contributed by atoms with Crippen LogP contribution in [0.2, 0.25) is 0 Å². The number of carbonyl (C=O) groups is 1. The molecule has 0 saturated heterocycles. The number of carbonyl (C=O) groups excluding carboxylic acids is 1. The summed E-state index contributed by atoms with van der Waals surface area (Å²) in [5, 5.41) is 15.9. The van der Waals surface area contributed by atoms with E-state index in [0.29, 0.717) is 13.1 Å². The lowest BCUT2D eigenvalue weighted by Gasteiger charge is -2.32. The summed E-state index contributed by atoms with van der Waals surface area (Å²) in [5.74, 6) is 0.794. The number of ether oxygens (including phenoxy) is 1. The number of hydrogen-bond acceptors (Lipinski definition) is 3. The maximum atomic E-state index is 11.8. The predicted molar refractivity (Wildman–Crippen MR) is 81.3 cm³/mol. The summed E-state index contributed by atoms with van der Waals surface area (Å²) in [6.07, 6.45) is 4.78. The molecular formula is C16H24N2O3. The van der Waals surface area contributed by atoms with E-state index in [1.165, 1.54) is 6.42 Å². The van der Waals surface area contributed by atoms with Crippen molar-refractivity contribution in [2.45, 2.75) is 44.2 Å². The van der Waals surface area contributed by atoms with Crippen LogP contribution in [0.3, 0.4) is 0 Å². The number of hydrogen-bond donors (Lipinski definition) is 3. The third kappa shape index (κ3) is 4.93. The van der Waals surface area contributed by atoms with Crippen LogP contribution in [0.5, 0.6) is 5.75 Å². The van der Waals surface area contributed by atoms with Crippen molar-refractivity contribution < 1.29 is 14.6 Å². The molecule has 2 rings (SSSR count). The summed E-state index contributed by atoms with van der Waals surface area (Å²) in [6.45, 7) is 0.774. The molecule has 0 spiro atoms. The van der Waals surface area contributed by atoms with Gasteiger partial charge in [0.1, 0.15) is 5.75 Å². The second kappa shape index (κ2) is 7.31. The van der Waals surface area contributed by atoms with E-state index in [1.807, 2.05) is 24.3 Å². The maximum Gasteiger partial charge on any atom is 0.315 e. The van der Waals surface area contributed by atoms with Crippen LogP contribution in [-0.2, 0) is 6.54 Å². The number of benzene rings is 1. The van der Waals surface area contributed by atoms with Gasteiger partial charge in [0.05, 0.1) is 12.7 Å². The number of urea groups is 1. The molecule has 116 valence electrons. The van der Waals surface area contributed by atoms with Gasteiger partial charge in [-0.2, -0.15) is 0 Å². The maximum absolute atomic E-state index is 11.8. The Morgan fingerprint density at radius 3 is 2.48 bits per heavy atom. The lowest BCUT2D eigenvalue weighted by Crippen LogP contribution is -2.47. The van der Waals surface area contributed by atoms with E-state index >= 15 is 0 Å². The average Bonchev–Trinajstić information content (AvgIpc) is 2.52. The highest BCUT2D eigenvalue weighted by molar-refractivity contribution is 5.73. The summed E-state index contributed by atoms with van der Waals surface area (Å²) < 4.78 is 5.08. The molecule has 5 nitrogen and oxygen atoms in total. The Balaban J connectivity index is 1.71. The Morgan fingerprint density at radius 1 is 1.19 bits per heavy atom. The molecule has 1 aliphatic carbocycles. The van der Waals surface area contributed by atoms with Gasteiger partial charge < -0.3 is 20.5 Å². The molecule has 0 bridgehead atoms. The summed E-state index contributed by atoms with van der Waals surface area (Å²) >= 11 is 0. The molecule has 1 aliphatic rings. The van der Waals surface area contributed by atoms with Gasteiger partial charge in [0, 0.05) is 13.1 Å². The van der Waals surface area contributed by atoms with E-state index in [0.717, 1.165) is 37.0 Å². The summed E-state index contributed by atoms with van der Waals surface area (Å²) in [5.41, 5.74) is 0.276. The molecular weight excluding hydrogens is 268 g/mol. The predicted octanol–water partition coefficient (Wildman–Crippen LogP) is 2.19. The van der Waals surface area contributed by atoms with E-state index in [1.54, 1.807) is 7.11 Å². The molecule has 3 N–H and O–H groups in total. The molecule has 1 saturated carbocycles. The molecule has 0 atom stereocenters. The summed E-state index contributed by atoms with van der Waals surface area (Å²) in [4.78, 5) is 11.8. The molecule has 1 aromatic rings. The number of amides is 2. The second-order valence-electron chi connectivity index (χ2n) is 5.67. The number of aliphatic hydroxyl groups is 1. The molecule has 0 aliphatic heterocycles. The van der Waals surface area contributed by atoms with Crippen LogP contribution in [0.1, 0.15) is 37.7 Å².